The molecule has 1 atom stereocenters. The van der Waals surface area contributed by atoms with E-state index in [0.29, 0.717) is 0 Å². The number of nitrogens with two attached hydrogens (primary N) is 1. The van der Waals surface area contributed by atoms with Gasteiger partial charge in [-0.25, -0.2) is 0 Å². The number of primary amides is 1. The molecule has 1 unspecified atom stereocenters. The van der Waals surface area contributed by atoms with E-state index in [0.717, 1.165) is 25.9 Å². The fraction of sp³-hybridized carbons (Fsp3) is 0.500. The van der Waals surface area contributed by atoms with Gasteiger partial charge in [0.1, 0.15) is 0 Å². The zero-order chi connectivity index (χ0) is 12.3. The van der Waals surface area contributed by atoms with Crippen molar-refractivity contribution in [1.29, 1.82) is 0 Å². The lowest BCUT2D eigenvalue weighted by Crippen LogP contribution is -2.48. The summed E-state index contributed by atoms with van der Waals surface area (Å²) in [6.07, 6.45) is 1.95. The molecular formula is C14H20N2O. The number of hydrogen-bond donors (Lipinski definition) is 2. The van der Waals surface area contributed by atoms with Crippen LogP contribution in [0, 0.1) is 5.92 Å². The Morgan fingerprint density at radius 2 is 1.88 bits per heavy atom. The molecular weight excluding hydrogens is 212 g/mol. The van der Waals surface area contributed by atoms with Crippen LogP contribution in [0.2, 0.25) is 0 Å². The second kappa shape index (κ2) is 4.88. The molecule has 1 aromatic rings. The van der Waals surface area contributed by atoms with Crippen LogP contribution in [0.1, 0.15) is 25.3 Å². The van der Waals surface area contributed by atoms with Crippen molar-refractivity contribution < 1.29 is 4.79 Å². The summed E-state index contributed by atoms with van der Waals surface area (Å²) in [6, 6.07) is 10.3. The first kappa shape index (κ1) is 12.1. The Kier molecular flexibility index (Phi) is 3.48. The van der Waals surface area contributed by atoms with Crippen LogP contribution in [0.4, 0.5) is 0 Å². The lowest BCUT2D eigenvalue weighted by molar-refractivity contribution is -0.123. The van der Waals surface area contributed by atoms with Gasteiger partial charge >= 0.3 is 0 Å². The quantitative estimate of drug-likeness (QED) is 0.828. The third-order valence-corrected chi connectivity index (χ3v) is 4.10. The zero-order valence-corrected chi connectivity index (χ0v) is 10.3. The van der Waals surface area contributed by atoms with Crippen molar-refractivity contribution in [2.24, 2.45) is 11.7 Å². The molecule has 1 aromatic carbocycles. The average molecular weight is 232 g/mol. The Hall–Kier alpha value is -1.35. The van der Waals surface area contributed by atoms with E-state index >= 15 is 0 Å². The first-order valence-electron chi connectivity index (χ1n) is 6.22. The highest BCUT2D eigenvalue weighted by atomic mass is 16.1. The highest BCUT2D eigenvalue weighted by Crippen LogP contribution is 2.40. The first-order valence-corrected chi connectivity index (χ1v) is 6.22. The van der Waals surface area contributed by atoms with Gasteiger partial charge in [-0.1, -0.05) is 37.3 Å². The van der Waals surface area contributed by atoms with Gasteiger partial charge in [0, 0.05) is 11.3 Å². The summed E-state index contributed by atoms with van der Waals surface area (Å²) in [5.74, 6) is -0.317. The highest BCUT2D eigenvalue weighted by Gasteiger charge is 2.41. The lowest BCUT2D eigenvalue weighted by atomic mass is 9.65. The monoisotopic (exact) mass is 232 g/mol. The van der Waals surface area contributed by atoms with E-state index in [1.807, 2.05) is 25.1 Å². The number of nitrogens with one attached hydrogen (secondary N) is 1. The van der Waals surface area contributed by atoms with Gasteiger partial charge in [0.25, 0.3) is 0 Å². The SMILES string of the molecule is CC(C(N)=O)C1(c2ccccc2)CCNCC1. The number of piperidine rings is 1. The van der Waals surface area contributed by atoms with Crippen molar-refractivity contribution >= 4 is 5.91 Å². The Bertz CT molecular complexity index is 382. The fourth-order valence-corrected chi connectivity index (χ4v) is 2.89. The minimum atomic E-state index is -0.198. The van der Waals surface area contributed by atoms with E-state index in [9.17, 15) is 4.79 Å². The van der Waals surface area contributed by atoms with Gasteiger partial charge in [0.15, 0.2) is 0 Å². The highest BCUT2D eigenvalue weighted by molar-refractivity contribution is 5.78. The molecule has 1 saturated heterocycles. The number of hydrogen-bond acceptors (Lipinski definition) is 2. The normalized spacial score (nSPS) is 20.8. The third kappa shape index (κ3) is 2.20. The molecule has 0 radical (unpaired) electrons. The smallest absolute Gasteiger partial charge is 0.221 e. The van der Waals surface area contributed by atoms with Crippen molar-refractivity contribution in [3.8, 4) is 0 Å². The Morgan fingerprint density at radius 3 is 2.41 bits per heavy atom. The van der Waals surface area contributed by atoms with Crippen LogP contribution in [-0.4, -0.2) is 19.0 Å². The van der Waals surface area contributed by atoms with E-state index in [4.69, 9.17) is 5.73 Å². The molecule has 2 rings (SSSR count). The van der Waals surface area contributed by atoms with Crippen molar-refractivity contribution in [2.75, 3.05) is 13.1 Å². The summed E-state index contributed by atoms with van der Waals surface area (Å²) >= 11 is 0. The molecule has 1 aliphatic rings. The van der Waals surface area contributed by atoms with Crippen molar-refractivity contribution in [2.45, 2.75) is 25.2 Å². The van der Waals surface area contributed by atoms with Crippen LogP contribution >= 0.6 is 0 Å². The fourth-order valence-electron chi connectivity index (χ4n) is 2.89. The lowest BCUT2D eigenvalue weighted by Gasteiger charge is -2.41. The van der Waals surface area contributed by atoms with Crippen molar-refractivity contribution in [3.05, 3.63) is 35.9 Å². The van der Waals surface area contributed by atoms with E-state index < -0.39 is 0 Å². The summed E-state index contributed by atoms with van der Waals surface area (Å²) in [7, 11) is 0. The topological polar surface area (TPSA) is 55.1 Å². The third-order valence-electron chi connectivity index (χ3n) is 4.10. The second-order valence-electron chi connectivity index (χ2n) is 4.90. The molecule has 3 nitrogen and oxygen atoms in total. The van der Waals surface area contributed by atoms with E-state index in [1.165, 1.54) is 5.56 Å². The molecule has 17 heavy (non-hydrogen) atoms. The molecule has 3 heteroatoms. The minimum Gasteiger partial charge on any atom is -0.369 e. The van der Waals surface area contributed by atoms with Gasteiger partial charge in [-0.3, -0.25) is 4.79 Å². The standard InChI is InChI=1S/C14H20N2O/c1-11(13(15)17)14(7-9-16-10-8-14)12-5-3-2-4-6-12/h2-6,11,16H,7-10H2,1H3,(H2,15,17). The molecule has 3 N–H and O–H groups in total. The molecule has 1 amide bonds. The number of amides is 1. The van der Waals surface area contributed by atoms with Crippen LogP contribution in [0.15, 0.2) is 30.3 Å². The summed E-state index contributed by atoms with van der Waals surface area (Å²) in [4.78, 5) is 11.6. The summed E-state index contributed by atoms with van der Waals surface area (Å²) in [6.45, 7) is 3.86. The van der Waals surface area contributed by atoms with Gasteiger partial charge in [0.2, 0.25) is 5.91 Å². The Morgan fingerprint density at radius 1 is 1.29 bits per heavy atom. The average Bonchev–Trinajstić information content (AvgIpc) is 2.39. The first-order chi connectivity index (χ1) is 8.17. The van der Waals surface area contributed by atoms with Crippen LogP contribution in [0.3, 0.4) is 0 Å². The van der Waals surface area contributed by atoms with Crippen LogP contribution in [0.25, 0.3) is 0 Å². The maximum Gasteiger partial charge on any atom is 0.221 e. The van der Waals surface area contributed by atoms with E-state index in [1.54, 1.807) is 0 Å². The predicted molar refractivity (Wildman–Crippen MR) is 68.6 cm³/mol. The maximum absolute atomic E-state index is 11.6. The molecule has 1 fully saturated rings. The van der Waals surface area contributed by atoms with E-state index in [2.05, 4.69) is 17.4 Å². The molecule has 1 heterocycles. The summed E-state index contributed by atoms with van der Waals surface area (Å²) in [5, 5.41) is 3.35. The second-order valence-corrected chi connectivity index (χ2v) is 4.90. The summed E-state index contributed by atoms with van der Waals surface area (Å²) < 4.78 is 0. The molecule has 0 saturated carbocycles. The molecule has 1 aliphatic heterocycles. The largest absolute Gasteiger partial charge is 0.369 e. The number of benzene rings is 1. The molecule has 0 aromatic heterocycles. The van der Waals surface area contributed by atoms with Crippen LogP contribution in [-0.2, 0) is 10.2 Å². The van der Waals surface area contributed by atoms with Gasteiger partial charge < -0.3 is 11.1 Å². The predicted octanol–water partition coefficient (Wildman–Crippen LogP) is 1.43. The number of carbonyl (C=O) groups is 1. The van der Waals surface area contributed by atoms with Gasteiger partial charge in [-0.05, 0) is 31.5 Å². The van der Waals surface area contributed by atoms with Gasteiger partial charge in [-0.15, -0.1) is 0 Å². The minimum absolute atomic E-state index is 0.0850. The number of rotatable bonds is 3. The van der Waals surface area contributed by atoms with Crippen LogP contribution < -0.4 is 11.1 Å². The zero-order valence-electron chi connectivity index (χ0n) is 10.3. The Balaban J connectivity index is 2.39. The maximum atomic E-state index is 11.6. The Labute approximate surface area is 102 Å². The van der Waals surface area contributed by atoms with Crippen molar-refractivity contribution in [1.82, 2.24) is 5.32 Å². The molecule has 92 valence electrons. The molecule has 0 spiro atoms. The van der Waals surface area contributed by atoms with Gasteiger partial charge in [0.05, 0.1) is 0 Å². The molecule has 0 bridgehead atoms. The number of carbonyl (C=O) groups excluding carboxylic acids is 1. The molecule has 0 aliphatic carbocycles. The summed E-state index contributed by atoms with van der Waals surface area (Å²) in [5.41, 5.74) is 6.69. The van der Waals surface area contributed by atoms with Gasteiger partial charge in [-0.2, -0.15) is 0 Å². The van der Waals surface area contributed by atoms with Crippen LogP contribution in [0.5, 0.6) is 0 Å². The van der Waals surface area contributed by atoms with Crippen molar-refractivity contribution in [3.63, 3.8) is 0 Å². The van der Waals surface area contributed by atoms with E-state index in [-0.39, 0.29) is 17.2 Å².